The lowest BCUT2D eigenvalue weighted by Crippen LogP contribution is -2.50. The number of hydrogen-bond donors (Lipinski definition) is 1. The Morgan fingerprint density at radius 2 is 1.89 bits per heavy atom. The van der Waals surface area contributed by atoms with E-state index in [9.17, 15) is 9.90 Å². The summed E-state index contributed by atoms with van der Waals surface area (Å²) in [5.41, 5.74) is 0. The van der Waals surface area contributed by atoms with E-state index >= 15 is 0 Å². The highest BCUT2D eigenvalue weighted by Crippen LogP contribution is 2.13. The summed E-state index contributed by atoms with van der Waals surface area (Å²) in [6, 6.07) is 0. The molecule has 1 fully saturated rings. The number of hydrogen-bond acceptors (Lipinski definition) is 4. The van der Waals surface area contributed by atoms with Gasteiger partial charge in [0, 0.05) is 39.3 Å². The van der Waals surface area contributed by atoms with Gasteiger partial charge in [-0.15, -0.1) is 0 Å². The van der Waals surface area contributed by atoms with Crippen LogP contribution in [-0.4, -0.2) is 66.9 Å². The summed E-state index contributed by atoms with van der Waals surface area (Å²) in [7, 11) is 0. The summed E-state index contributed by atoms with van der Waals surface area (Å²) in [5.74, 6) is 0.803. The van der Waals surface area contributed by atoms with E-state index in [0.717, 1.165) is 32.7 Å². The van der Waals surface area contributed by atoms with E-state index in [1.54, 1.807) is 4.90 Å². The molecule has 0 aromatic carbocycles. The van der Waals surface area contributed by atoms with Crippen molar-refractivity contribution in [2.24, 2.45) is 11.8 Å². The van der Waals surface area contributed by atoms with Gasteiger partial charge < -0.3 is 14.7 Å². The normalized spacial score (nSPS) is 19.1. The molecule has 0 radical (unpaired) electrons. The van der Waals surface area contributed by atoms with E-state index in [2.05, 4.69) is 18.7 Å². The number of carbonyl (C=O) groups excluding carboxylic acids is 1. The second kappa shape index (κ2) is 7.59. The number of amides is 1. The highest BCUT2D eigenvalue weighted by atomic mass is 16.6. The van der Waals surface area contributed by atoms with Gasteiger partial charge in [-0.2, -0.15) is 0 Å². The Balaban J connectivity index is 2.32. The molecule has 106 valence electrons. The first-order valence-corrected chi connectivity index (χ1v) is 6.83. The van der Waals surface area contributed by atoms with Gasteiger partial charge >= 0.3 is 6.09 Å². The van der Waals surface area contributed by atoms with Gasteiger partial charge in [0.2, 0.25) is 0 Å². The molecule has 1 aliphatic heterocycles. The minimum absolute atomic E-state index is 0.209. The highest BCUT2D eigenvalue weighted by Gasteiger charge is 2.24. The average molecular weight is 258 g/mol. The number of ether oxygens (including phenoxy) is 1. The number of carbonyl (C=O) groups is 1. The first-order chi connectivity index (χ1) is 8.58. The lowest BCUT2D eigenvalue weighted by molar-refractivity contribution is 0.0644. The van der Waals surface area contributed by atoms with Crippen LogP contribution in [0.4, 0.5) is 4.79 Å². The van der Waals surface area contributed by atoms with Crippen LogP contribution in [0.1, 0.15) is 20.8 Å². The quantitative estimate of drug-likeness (QED) is 0.800. The third kappa shape index (κ3) is 4.46. The van der Waals surface area contributed by atoms with E-state index in [0.29, 0.717) is 18.4 Å². The molecule has 0 aromatic heterocycles. The predicted molar refractivity (Wildman–Crippen MR) is 70.4 cm³/mol. The van der Waals surface area contributed by atoms with Crippen LogP contribution in [0.3, 0.4) is 0 Å². The fourth-order valence-electron chi connectivity index (χ4n) is 2.14. The van der Waals surface area contributed by atoms with Crippen molar-refractivity contribution in [2.75, 3.05) is 45.9 Å². The molecule has 5 heteroatoms. The Hall–Kier alpha value is -0.810. The van der Waals surface area contributed by atoms with Crippen LogP contribution in [0.25, 0.3) is 0 Å². The zero-order valence-corrected chi connectivity index (χ0v) is 11.8. The van der Waals surface area contributed by atoms with Gasteiger partial charge in [-0.1, -0.05) is 13.8 Å². The van der Waals surface area contributed by atoms with E-state index < -0.39 is 0 Å². The van der Waals surface area contributed by atoms with Gasteiger partial charge in [0.15, 0.2) is 0 Å². The van der Waals surface area contributed by atoms with Crippen LogP contribution >= 0.6 is 0 Å². The van der Waals surface area contributed by atoms with Gasteiger partial charge in [-0.3, -0.25) is 4.90 Å². The molecule has 0 aromatic rings. The van der Waals surface area contributed by atoms with Crippen molar-refractivity contribution in [3.05, 3.63) is 0 Å². The predicted octanol–water partition coefficient (Wildman–Crippen LogP) is 1.02. The molecule has 5 nitrogen and oxygen atoms in total. The van der Waals surface area contributed by atoms with Gasteiger partial charge in [0.25, 0.3) is 0 Å². The molecule has 1 amide bonds. The molecule has 1 unspecified atom stereocenters. The maximum Gasteiger partial charge on any atom is 0.409 e. The Labute approximate surface area is 110 Å². The molecule has 0 spiro atoms. The molecular weight excluding hydrogens is 232 g/mol. The molecule has 1 rings (SSSR count). The SMILES string of the molecule is CCOC(=O)N1CCN(CC(CO)C(C)C)CC1. The van der Waals surface area contributed by atoms with E-state index in [4.69, 9.17) is 4.74 Å². The third-order valence-corrected chi connectivity index (χ3v) is 3.57. The van der Waals surface area contributed by atoms with Gasteiger partial charge in [-0.25, -0.2) is 4.79 Å². The average Bonchev–Trinajstić information content (AvgIpc) is 2.36. The van der Waals surface area contributed by atoms with Gasteiger partial charge in [0.1, 0.15) is 0 Å². The number of rotatable bonds is 5. The first kappa shape index (κ1) is 15.2. The van der Waals surface area contributed by atoms with Crippen molar-refractivity contribution in [1.29, 1.82) is 0 Å². The molecule has 18 heavy (non-hydrogen) atoms. The van der Waals surface area contributed by atoms with Crippen LogP contribution in [0.5, 0.6) is 0 Å². The van der Waals surface area contributed by atoms with Gasteiger partial charge in [0.05, 0.1) is 6.61 Å². The van der Waals surface area contributed by atoms with Crippen LogP contribution in [0.15, 0.2) is 0 Å². The fourth-order valence-corrected chi connectivity index (χ4v) is 2.14. The van der Waals surface area contributed by atoms with E-state index in [1.165, 1.54) is 0 Å². The van der Waals surface area contributed by atoms with Crippen molar-refractivity contribution >= 4 is 6.09 Å². The molecular formula is C13H26N2O3. The van der Waals surface area contributed by atoms with Crippen LogP contribution in [-0.2, 0) is 4.74 Å². The molecule has 0 bridgehead atoms. The summed E-state index contributed by atoms with van der Waals surface area (Å²) in [4.78, 5) is 15.6. The molecule has 1 atom stereocenters. The molecule has 0 saturated carbocycles. The summed E-state index contributed by atoms with van der Waals surface area (Å²) < 4.78 is 4.99. The molecule has 0 aliphatic carbocycles. The molecule has 1 aliphatic rings. The van der Waals surface area contributed by atoms with Gasteiger partial charge in [-0.05, 0) is 18.8 Å². The van der Waals surface area contributed by atoms with E-state index in [-0.39, 0.29) is 12.7 Å². The maximum absolute atomic E-state index is 11.5. The zero-order valence-electron chi connectivity index (χ0n) is 11.8. The number of aliphatic hydroxyl groups excluding tert-OH is 1. The smallest absolute Gasteiger partial charge is 0.409 e. The van der Waals surface area contributed by atoms with Crippen molar-refractivity contribution in [2.45, 2.75) is 20.8 Å². The Morgan fingerprint density at radius 3 is 2.33 bits per heavy atom. The lowest BCUT2D eigenvalue weighted by atomic mass is 9.96. The van der Waals surface area contributed by atoms with Crippen molar-refractivity contribution in [3.63, 3.8) is 0 Å². The molecule has 1 saturated heterocycles. The molecule has 1 N–H and O–H groups in total. The zero-order chi connectivity index (χ0) is 13.5. The summed E-state index contributed by atoms with van der Waals surface area (Å²) >= 11 is 0. The molecule has 1 heterocycles. The van der Waals surface area contributed by atoms with Crippen LogP contribution in [0, 0.1) is 11.8 Å². The Morgan fingerprint density at radius 1 is 1.28 bits per heavy atom. The monoisotopic (exact) mass is 258 g/mol. The third-order valence-electron chi connectivity index (χ3n) is 3.57. The van der Waals surface area contributed by atoms with Crippen molar-refractivity contribution < 1.29 is 14.6 Å². The summed E-state index contributed by atoms with van der Waals surface area (Å²) in [6.07, 6.45) is -0.209. The second-order valence-electron chi connectivity index (χ2n) is 5.17. The first-order valence-electron chi connectivity index (χ1n) is 6.83. The van der Waals surface area contributed by atoms with E-state index in [1.807, 2.05) is 6.92 Å². The number of nitrogens with zero attached hydrogens (tertiary/aromatic N) is 2. The van der Waals surface area contributed by atoms with Crippen LogP contribution < -0.4 is 0 Å². The Kier molecular flexibility index (Phi) is 6.43. The largest absolute Gasteiger partial charge is 0.450 e. The topological polar surface area (TPSA) is 53.0 Å². The minimum atomic E-state index is -0.209. The number of aliphatic hydroxyl groups is 1. The second-order valence-corrected chi connectivity index (χ2v) is 5.17. The van der Waals surface area contributed by atoms with Crippen molar-refractivity contribution in [1.82, 2.24) is 9.80 Å². The fraction of sp³-hybridized carbons (Fsp3) is 0.923. The summed E-state index contributed by atoms with van der Waals surface area (Å²) in [6.45, 7) is 10.8. The Bertz CT molecular complexity index is 251. The number of piperazine rings is 1. The minimum Gasteiger partial charge on any atom is -0.450 e. The maximum atomic E-state index is 11.5. The van der Waals surface area contributed by atoms with Crippen molar-refractivity contribution in [3.8, 4) is 0 Å². The summed E-state index contributed by atoms with van der Waals surface area (Å²) in [5, 5.41) is 9.33. The lowest BCUT2D eigenvalue weighted by Gasteiger charge is -2.36. The standard InChI is InChI=1S/C13H26N2O3/c1-4-18-13(17)15-7-5-14(6-8-15)9-12(10-16)11(2)3/h11-12,16H,4-10H2,1-3H3. The van der Waals surface area contributed by atoms with Crippen LogP contribution in [0.2, 0.25) is 0 Å². The highest BCUT2D eigenvalue weighted by molar-refractivity contribution is 5.67.